The van der Waals surface area contributed by atoms with Gasteiger partial charge in [-0.3, -0.25) is 4.79 Å². The van der Waals surface area contributed by atoms with E-state index < -0.39 is 0 Å². The number of rotatable bonds is 1. The van der Waals surface area contributed by atoms with E-state index in [1.165, 1.54) is 13.5 Å². The van der Waals surface area contributed by atoms with Crippen LogP contribution in [0.5, 0.6) is 0 Å². The SMILES string of the molecule is COC(=O)C1CCC1C. The third-order valence-corrected chi connectivity index (χ3v) is 2.12. The molecule has 2 heteroatoms. The smallest absolute Gasteiger partial charge is 0.308 e. The first-order chi connectivity index (χ1) is 4.25. The van der Waals surface area contributed by atoms with E-state index in [-0.39, 0.29) is 11.9 Å². The van der Waals surface area contributed by atoms with E-state index >= 15 is 0 Å². The third kappa shape index (κ3) is 1.07. The van der Waals surface area contributed by atoms with Crippen LogP contribution in [0.25, 0.3) is 0 Å². The van der Waals surface area contributed by atoms with Gasteiger partial charge >= 0.3 is 5.97 Å². The number of hydrogen-bond donors (Lipinski definition) is 0. The van der Waals surface area contributed by atoms with E-state index in [0.29, 0.717) is 5.92 Å². The Morgan fingerprint density at radius 3 is 2.33 bits per heavy atom. The van der Waals surface area contributed by atoms with E-state index in [4.69, 9.17) is 0 Å². The second-order valence-corrected chi connectivity index (χ2v) is 2.68. The van der Waals surface area contributed by atoms with Gasteiger partial charge in [0.25, 0.3) is 0 Å². The van der Waals surface area contributed by atoms with Gasteiger partial charge in [-0.25, -0.2) is 0 Å². The van der Waals surface area contributed by atoms with Crippen LogP contribution < -0.4 is 0 Å². The van der Waals surface area contributed by atoms with Crippen molar-refractivity contribution in [1.82, 2.24) is 0 Å². The minimum atomic E-state index is -0.0336. The lowest BCUT2D eigenvalue weighted by Gasteiger charge is -2.30. The molecule has 2 unspecified atom stereocenters. The molecule has 0 bridgehead atoms. The second kappa shape index (κ2) is 2.38. The molecule has 1 rings (SSSR count). The van der Waals surface area contributed by atoms with Gasteiger partial charge in [0, 0.05) is 0 Å². The van der Waals surface area contributed by atoms with Gasteiger partial charge in [-0.05, 0) is 18.8 Å². The fraction of sp³-hybridized carbons (Fsp3) is 0.857. The Hall–Kier alpha value is -0.530. The fourth-order valence-electron chi connectivity index (χ4n) is 1.17. The van der Waals surface area contributed by atoms with Gasteiger partial charge in [-0.15, -0.1) is 0 Å². The highest BCUT2D eigenvalue weighted by molar-refractivity contribution is 5.73. The summed E-state index contributed by atoms with van der Waals surface area (Å²) in [6.45, 7) is 2.09. The molecule has 52 valence electrons. The monoisotopic (exact) mass is 128 g/mol. The molecule has 1 aliphatic carbocycles. The zero-order valence-corrected chi connectivity index (χ0v) is 5.89. The maximum atomic E-state index is 10.8. The highest BCUT2D eigenvalue weighted by atomic mass is 16.5. The van der Waals surface area contributed by atoms with Crippen molar-refractivity contribution < 1.29 is 9.53 Å². The van der Waals surface area contributed by atoms with Crippen LogP contribution in [0.1, 0.15) is 19.8 Å². The molecule has 0 aliphatic heterocycles. The van der Waals surface area contributed by atoms with Crippen molar-refractivity contribution in [3.63, 3.8) is 0 Å². The zero-order valence-electron chi connectivity index (χ0n) is 5.89. The summed E-state index contributed by atoms with van der Waals surface area (Å²) in [5, 5.41) is 0. The summed E-state index contributed by atoms with van der Waals surface area (Å²) >= 11 is 0. The van der Waals surface area contributed by atoms with Gasteiger partial charge in [0.1, 0.15) is 0 Å². The predicted octanol–water partition coefficient (Wildman–Crippen LogP) is 1.21. The van der Waals surface area contributed by atoms with E-state index in [1.807, 2.05) is 0 Å². The lowest BCUT2D eigenvalue weighted by atomic mass is 9.75. The van der Waals surface area contributed by atoms with Gasteiger partial charge in [0.2, 0.25) is 0 Å². The molecule has 0 saturated heterocycles. The molecule has 2 nitrogen and oxygen atoms in total. The summed E-state index contributed by atoms with van der Waals surface area (Å²) in [5.74, 6) is 0.723. The Balaban J connectivity index is 2.35. The average molecular weight is 128 g/mol. The van der Waals surface area contributed by atoms with Gasteiger partial charge in [0.15, 0.2) is 0 Å². The molecule has 0 amide bonds. The van der Waals surface area contributed by atoms with Crippen LogP contribution in [0, 0.1) is 11.8 Å². The Morgan fingerprint density at radius 2 is 2.22 bits per heavy atom. The largest absolute Gasteiger partial charge is 0.469 e. The molecule has 2 atom stereocenters. The first-order valence-corrected chi connectivity index (χ1v) is 3.33. The number of hydrogen-bond acceptors (Lipinski definition) is 2. The molecule has 0 N–H and O–H groups in total. The zero-order chi connectivity index (χ0) is 6.85. The van der Waals surface area contributed by atoms with E-state index in [9.17, 15) is 4.79 Å². The predicted molar refractivity (Wildman–Crippen MR) is 33.9 cm³/mol. The molecule has 0 spiro atoms. The van der Waals surface area contributed by atoms with Crippen LogP contribution in [0.3, 0.4) is 0 Å². The molecular formula is C7H12O2. The summed E-state index contributed by atoms with van der Waals surface area (Å²) < 4.78 is 4.59. The summed E-state index contributed by atoms with van der Waals surface area (Å²) in [7, 11) is 1.45. The molecule has 1 aliphatic rings. The van der Waals surface area contributed by atoms with Gasteiger partial charge in [-0.1, -0.05) is 6.92 Å². The van der Waals surface area contributed by atoms with E-state index in [0.717, 1.165) is 6.42 Å². The first-order valence-electron chi connectivity index (χ1n) is 3.33. The van der Waals surface area contributed by atoms with Gasteiger partial charge < -0.3 is 4.74 Å². The lowest BCUT2D eigenvalue weighted by molar-refractivity contribution is -0.151. The maximum absolute atomic E-state index is 10.8. The molecular weight excluding hydrogens is 116 g/mol. The Morgan fingerprint density at radius 1 is 1.56 bits per heavy atom. The number of carbonyl (C=O) groups excluding carboxylic acids is 1. The Labute approximate surface area is 55.2 Å². The van der Waals surface area contributed by atoms with Crippen molar-refractivity contribution in [3.05, 3.63) is 0 Å². The van der Waals surface area contributed by atoms with Crippen LogP contribution in [-0.4, -0.2) is 13.1 Å². The molecule has 0 heterocycles. The number of methoxy groups -OCH3 is 1. The molecule has 0 aromatic heterocycles. The second-order valence-electron chi connectivity index (χ2n) is 2.68. The summed E-state index contributed by atoms with van der Waals surface area (Å²) in [5.41, 5.74) is 0. The number of ether oxygens (including phenoxy) is 1. The highest BCUT2D eigenvalue weighted by Gasteiger charge is 2.33. The number of carbonyl (C=O) groups is 1. The number of esters is 1. The Bertz CT molecular complexity index is 120. The topological polar surface area (TPSA) is 26.3 Å². The molecule has 1 saturated carbocycles. The van der Waals surface area contributed by atoms with Crippen molar-refractivity contribution in [2.24, 2.45) is 11.8 Å². The molecule has 0 aromatic carbocycles. The summed E-state index contributed by atoms with van der Waals surface area (Å²) in [4.78, 5) is 10.8. The van der Waals surface area contributed by atoms with Gasteiger partial charge in [0.05, 0.1) is 13.0 Å². The van der Waals surface area contributed by atoms with Crippen molar-refractivity contribution in [3.8, 4) is 0 Å². The van der Waals surface area contributed by atoms with Crippen LogP contribution in [0.2, 0.25) is 0 Å². The summed E-state index contributed by atoms with van der Waals surface area (Å²) in [6.07, 6.45) is 2.20. The third-order valence-electron chi connectivity index (χ3n) is 2.12. The van der Waals surface area contributed by atoms with Crippen LogP contribution in [-0.2, 0) is 9.53 Å². The van der Waals surface area contributed by atoms with Crippen molar-refractivity contribution in [2.75, 3.05) is 7.11 Å². The molecule has 1 fully saturated rings. The van der Waals surface area contributed by atoms with E-state index in [2.05, 4.69) is 11.7 Å². The van der Waals surface area contributed by atoms with Gasteiger partial charge in [-0.2, -0.15) is 0 Å². The maximum Gasteiger partial charge on any atom is 0.308 e. The molecule has 9 heavy (non-hydrogen) atoms. The minimum Gasteiger partial charge on any atom is -0.469 e. The molecule has 0 aromatic rings. The van der Waals surface area contributed by atoms with Crippen LogP contribution >= 0.6 is 0 Å². The van der Waals surface area contributed by atoms with Crippen molar-refractivity contribution in [2.45, 2.75) is 19.8 Å². The van der Waals surface area contributed by atoms with Crippen molar-refractivity contribution in [1.29, 1.82) is 0 Å². The average Bonchev–Trinajstić information content (AvgIpc) is 1.84. The molecule has 0 radical (unpaired) electrons. The highest BCUT2D eigenvalue weighted by Crippen LogP contribution is 2.34. The first kappa shape index (κ1) is 6.59. The quantitative estimate of drug-likeness (QED) is 0.496. The fourth-order valence-corrected chi connectivity index (χ4v) is 1.17. The van der Waals surface area contributed by atoms with Crippen LogP contribution in [0.4, 0.5) is 0 Å². The van der Waals surface area contributed by atoms with Crippen molar-refractivity contribution >= 4 is 5.97 Å². The standard InChI is InChI=1S/C7H12O2/c1-5-3-4-6(5)7(8)9-2/h5-6H,3-4H2,1-2H3. The van der Waals surface area contributed by atoms with Crippen LogP contribution in [0.15, 0.2) is 0 Å². The normalized spacial score (nSPS) is 33.1. The summed E-state index contributed by atoms with van der Waals surface area (Å²) in [6, 6.07) is 0. The van der Waals surface area contributed by atoms with E-state index in [1.54, 1.807) is 0 Å². The lowest BCUT2D eigenvalue weighted by Crippen LogP contribution is -2.31. The minimum absolute atomic E-state index is 0.0336. The Kier molecular flexibility index (Phi) is 1.74.